The third-order valence-electron chi connectivity index (χ3n) is 4.72. The van der Waals surface area contributed by atoms with Crippen LogP contribution in [0.5, 0.6) is 5.75 Å². The summed E-state index contributed by atoms with van der Waals surface area (Å²) in [5.74, 6) is 0.368. The van der Waals surface area contributed by atoms with Gasteiger partial charge in [0.15, 0.2) is 0 Å². The molecule has 1 aromatic carbocycles. The van der Waals surface area contributed by atoms with E-state index in [-0.39, 0.29) is 0 Å². The molecule has 1 aliphatic heterocycles. The summed E-state index contributed by atoms with van der Waals surface area (Å²) in [6, 6.07) is 8.69. The summed E-state index contributed by atoms with van der Waals surface area (Å²) in [6.07, 6.45) is 2.37. The molecular formula is C19H33N3O. The van der Waals surface area contributed by atoms with Gasteiger partial charge in [-0.15, -0.1) is 0 Å². The molecular weight excluding hydrogens is 286 g/mol. The molecule has 4 nitrogen and oxygen atoms in total. The Morgan fingerprint density at radius 1 is 1.30 bits per heavy atom. The minimum atomic E-state index is 0.345. The molecule has 0 spiro atoms. The Morgan fingerprint density at radius 2 is 2.04 bits per heavy atom. The van der Waals surface area contributed by atoms with Crippen LogP contribution in [0.2, 0.25) is 0 Å². The summed E-state index contributed by atoms with van der Waals surface area (Å²) >= 11 is 0. The monoisotopic (exact) mass is 319 g/mol. The second-order valence-electron chi connectivity index (χ2n) is 6.70. The van der Waals surface area contributed by atoms with Crippen LogP contribution in [-0.4, -0.2) is 60.2 Å². The number of aromatic hydroxyl groups is 1. The van der Waals surface area contributed by atoms with Crippen molar-refractivity contribution in [2.45, 2.75) is 45.7 Å². The van der Waals surface area contributed by atoms with Crippen molar-refractivity contribution in [1.82, 2.24) is 15.1 Å². The van der Waals surface area contributed by atoms with Gasteiger partial charge in [0, 0.05) is 38.3 Å². The maximum absolute atomic E-state index is 9.92. The molecule has 0 aliphatic carbocycles. The van der Waals surface area contributed by atoms with E-state index >= 15 is 0 Å². The maximum Gasteiger partial charge on any atom is 0.115 e. The lowest BCUT2D eigenvalue weighted by Gasteiger charge is -2.42. The Hall–Kier alpha value is -1.10. The van der Waals surface area contributed by atoms with Gasteiger partial charge < -0.3 is 15.3 Å². The molecule has 2 unspecified atom stereocenters. The van der Waals surface area contributed by atoms with Crippen LogP contribution in [-0.2, 0) is 0 Å². The highest BCUT2D eigenvalue weighted by Gasteiger charge is 2.28. The first-order chi connectivity index (χ1) is 11.2. The molecule has 2 N–H and O–H groups in total. The maximum atomic E-state index is 9.92. The zero-order valence-electron chi connectivity index (χ0n) is 15.0. The number of phenolic OH excluding ortho intramolecular Hbond substituents is 1. The first kappa shape index (κ1) is 18.2. The van der Waals surface area contributed by atoms with Crippen molar-refractivity contribution < 1.29 is 5.11 Å². The Kier molecular flexibility index (Phi) is 7.34. The van der Waals surface area contributed by atoms with Crippen LogP contribution in [0.25, 0.3) is 0 Å². The zero-order valence-corrected chi connectivity index (χ0v) is 15.0. The number of benzene rings is 1. The van der Waals surface area contributed by atoms with E-state index in [1.54, 1.807) is 6.07 Å². The summed E-state index contributed by atoms with van der Waals surface area (Å²) in [4.78, 5) is 5.17. The number of hydrogen-bond acceptors (Lipinski definition) is 4. The number of piperazine rings is 1. The number of nitrogens with zero attached hydrogens (tertiary/aromatic N) is 2. The van der Waals surface area contributed by atoms with Crippen LogP contribution < -0.4 is 5.32 Å². The van der Waals surface area contributed by atoms with Crippen LogP contribution in [0.3, 0.4) is 0 Å². The number of rotatable bonds is 8. The van der Waals surface area contributed by atoms with Gasteiger partial charge in [0.2, 0.25) is 0 Å². The minimum absolute atomic E-state index is 0.345. The fraction of sp³-hybridized carbons (Fsp3) is 0.684. The first-order valence-electron chi connectivity index (χ1n) is 9.13. The Morgan fingerprint density at radius 3 is 2.65 bits per heavy atom. The van der Waals surface area contributed by atoms with E-state index in [1.807, 2.05) is 12.1 Å². The third-order valence-corrected chi connectivity index (χ3v) is 4.72. The molecule has 1 saturated heterocycles. The van der Waals surface area contributed by atoms with Crippen molar-refractivity contribution in [3.63, 3.8) is 0 Å². The molecule has 130 valence electrons. The Bertz CT molecular complexity index is 460. The van der Waals surface area contributed by atoms with Gasteiger partial charge >= 0.3 is 0 Å². The van der Waals surface area contributed by atoms with E-state index < -0.39 is 0 Å². The Labute approximate surface area is 141 Å². The molecule has 1 aliphatic rings. The van der Waals surface area contributed by atoms with Gasteiger partial charge in [-0.25, -0.2) is 0 Å². The SMILES string of the molecule is CCCN(CCC)CC(c1cccc(O)c1)N1CCNCC1C. The molecule has 23 heavy (non-hydrogen) atoms. The van der Waals surface area contributed by atoms with E-state index in [1.165, 1.54) is 18.4 Å². The molecule has 2 rings (SSSR count). The summed E-state index contributed by atoms with van der Waals surface area (Å²) in [5.41, 5.74) is 1.23. The van der Waals surface area contributed by atoms with E-state index in [4.69, 9.17) is 0 Å². The van der Waals surface area contributed by atoms with Crippen LogP contribution in [0, 0.1) is 0 Å². The van der Waals surface area contributed by atoms with Crippen molar-refractivity contribution >= 4 is 0 Å². The lowest BCUT2D eigenvalue weighted by Crippen LogP contribution is -2.53. The Balaban J connectivity index is 2.22. The van der Waals surface area contributed by atoms with Crippen molar-refractivity contribution in [2.24, 2.45) is 0 Å². The first-order valence-corrected chi connectivity index (χ1v) is 9.13. The normalized spacial score (nSPS) is 20.8. The average molecular weight is 319 g/mol. The molecule has 0 radical (unpaired) electrons. The fourth-order valence-electron chi connectivity index (χ4n) is 3.62. The lowest BCUT2D eigenvalue weighted by atomic mass is 10.0. The number of hydrogen-bond donors (Lipinski definition) is 2. The van der Waals surface area contributed by atoms with Crippen molar-refractivity contribution in [3.8, 4) is 5.75 Å². The van der Waals surface area contributed by atoms with Crippen LogP contribution in [0.1, 0.15) is 45.2 Å². The van der Waals surface area contributed by atoms with E-state index in [0.29, 0.717) is 17.8 Å². The number of nitrogens with one attached hydrogen (secondary N) is 1. The second-order valence-corrected chi connectivity index (χ2v) is 6.70. The summed E-state index contributed by atoms with van der Waals surface area (Å²) in [5, 5.41) is 13.4. The average Bonchev–Trinajstić information content (AvgIpc) is 2.54. The van der Waals surface area contributed by atoms with E-state index in [0.717, 1.165) is 39.3 Å². The van der Waals surface area contributed by atoms with Gasteiger partial charge in [-0.1, -0.05) is 26.0 Å². The summed E-state index contributed by atoms with van der Waals surface area (Å²) in [6.45, 7) is 13.3. The van der Waals surface area contributed by atoms with Gasteiger partial charge in [-0.2, -0.15) is 0 Å². The molecule has 0 amide bonds. The predicted octanol–water partition coefficient (Wildman–Crippen LogP) is 2.85. The van der Waals surface area contributed by atoms with Gasteiger partial charge in [0.05, 0.1) is 0 Å². The second kappa shape index (κ2) is 9.26. The fourth-order valence-corrected chi connectivity index (χ4v) is 3.62. The molecule has 0 aromatic heterocycles. The molecule has 1 fully saturated rings. The highest BCUT2D eigenvalue weighted by Crippen LogP contribution is 2.27. The van der Waals surface area contributed by atoms with Crippen molar-refractivity contribution in [3.05, 3.63) is 29.8 Å². The molecule has 4 heteroatoms. The van der Waals surface area contributed by atoms with E-state index in [2.05, 4.69) is 42.0 Å². The predicted molar refractivity (Wildman–Crippen MR) is 96.9 cm³/mol. The highest BCUT2D eigenvalue weighted by molar-refractivity contribution is 5.30. The molecule has 2 atom stereocenters. The molecule has 1 heterocycles. The van der Waals surface area contributed by atoms with Crippen LogP contribution >= 0.6 is 0 Å². The standard InChI is InChI=1S/C19H33N3O/c1-4-10-21(11-5-2)15-19(17-7-6-8-18(23)13-17)22-12-9-20-14-16(22)3/h6-8,13,16,19-20,23H,4-5,9-12,14-15H2,1-3H3. The highest BCUT2D eigenvalue weighted by atomic mass is 16.3. The van der Waals surface area contributed by atoms with Gasteiger partial charge in [-0.05, 0) is 50.6 Å². The lowest BCUT2D eigenvalue weighted by molar-refractivity contribution is 0.0839. The van der Waals surface area contributed by atoms with Gasteiger partial charge in [0.1, 0.15) is 5.75 Å². The summed E-state index contributed by atoms with van der Waals surface area (Å²) in [7, 11) is 0. The minimum Gasteiger partial charge on any atom is -0.508 e. The quantitative estimate of drug-likeness (QED) is 0.773. The largest absolute Gasteiger partial charge is 0.508 e. The zero-order chi connectivity index (χ0) is 16.7. The third kappa shape index (κ3) is 5.20. The van der Waals surface area contributed by atoms with Gasteiger partial charge in [0.25, 0.3) is 0 Å². The summed E-state index contributed by atoms with van der Waals surface area (Å²) < 4.78 is 0. The topological polar surface area (TPSA) is 38.7 Å². The van der Waals surface area contributed by atoms with E-state index in [9.17, 15) is 5.11 Å². The van der Waals surface area contributed by atoms with Crippen LogP contribution in [0.4, 0.5) is 0 Å². The van der Waals surface area contributed by atoms with Crippen molar-refractivity contribution in [1.29, 1.82) is 0 Å². The van der Waals surface area contributed by atoms with Crippen LogP contribution in [0.15, 0.2) is 24.3 Å². The smallest absolute Gasteiger partial charge is 0.115 e. The van der Waals surface area contributed by atoms with Gasteiger partial charge in [-0.3, -0.25) is 4.90 Å². The molecule has 1 aromatic rings. The number of phenols is 1. The van der Waals surface area contributed by atoms with Crippen molar-refractivity contribution in [2.75, 3.05) is 39.3 Å². The molecule has 0 bridgehead atoms. The molecule has 0 saturated carbocycles.